The van der Waals surface area contributed by atoms with Crippen molar-refractivity contribution in [2.45, 2.75) is 52.5 Å². The number of ether oxygens (including phenoxy) is 1. The van der Waals surface area contributed by atoms with Gasteiger partial charge in [0.2, 0.25) is 0 Å². The largest absolute Gasteiger partial charge is 0.494 e. The van der Waals surface area contributed by atoms with E-state index in [0.29, 0.717) is 6.04 Å². The van der Waals surface area contributed by atoms with Crippen molar-refractivity contribution in [3.8, 4) is 5.75 Å². The molecular weight excluding hydrogens is 258 g/mol. The maximum atomic E-state index is 5.83. The summed E-state index contributed by atoms with van der Waals surface area (Å²) in [7, 11) is 2.09. The molecule has 0 aromatic heterocycles. The van der Waals surface area contributed by atoms with E-state index >= 15 is 0 Å². The molecule has 1 unspecified atom stereocenters. The van der Waals surface area contributed by atoms with Crippen LogP contribution in [0.15, 0.2) is 24.3 Å². The first-order valence-corrected chi connectivity index (χ1v) is 8.56. The van der Waals surface area contributed by atoms with Gasteiger partial charge in [-0.25, -0.2) is 0 Å². The van der Waals surface area contributed by atoms with Crippen LogP contribution in [0.3, 0.4) is 0 Å². The van der Waals surface area contributed by atoms with Crippen LogP contribution < -0.4 is 10.1 Å². The van der Waals surface area contributed by atoms with Gasteiger partial charge in [-0.2, -0.15) is 0 Å². The van der Waals surface area contributed by atoms with Crippen molar-refractivity contribution in [3.63, 3.8) is 0 Å². The zero-order valence-electron chi connectivity index (χ0n) is 14.1. The zero-order chi connectivity index (χ0) is 15.2. The van der Waals surface area contributed by atoms with Crippen LogP contribution in [0.25, 0.3) is 0 Å². The minimum Gasteiger partial charge on any atom is -0.494 e. The second kappa shape index (κ2) is 7.84. The lowest BCUT2D eigenvalue weighted by molar-refractivity contribution is 0.190. The molecule has 118 valence electrons. The highest BCUT2D eigenvalue weighted by Crippen LogP contribution is 2.41. The molecule has 2 nitrogen and oxygen atoms in total. The molecule has 21 heavy (non-hydrogen) atoms. The number of para-hydroxylation sites is 1. The second-order valence-electron chi connectivity index (χ2n) is 6.66. The molecule has 1 aromatic rings. The summed E-state index contributed by atoms with van der Waals surface area (Å²) in [5, 5.41) is 3.55. The van der Waals surface area contributed by atoms with Gasteiger partial charge in [-0.3, -0.25) is 0 Å². The number of hydrogen-bond acceptors (Lipinski definition) is 2. The van der Waals surface area contributed by atoms with Gasteiger partial charge in [0.15, 0.2) is 0 Å². The first kappa shape index (κ1) is 16.4. The summed E-state index contributed by atoms with van der Waals surface area (Å²) in [5.41, 5.74) is 1.33. The molecule has 0 radical (unpaired) electrons. The predicted molar refractivity (Wildman–Crippen MR) is 89.7 cm³/mol. The lowest BCUT2D eigenvalue weighted by Gasteiger charge is -2.36. The van der Waals surface area contributed by atoms with Crippen molar-refractivity contribution in [1.29, 1.82) is 0 Å². The molecule has 1 fully saturated rings. The van der Waals surface area contributed by atoms with Crippen molar-refractivity contribution >= 4 is 0 Å². The molecule has 1 aliphatic carbocycles. The predicted octanol–water partition coefficient (Wildman–Crippen LogP) is 4.81. The monoisotopic (exact) mass is 289 g/mol. The van der Waals surface area contributed by atoms with E-state index in [1.807, 2.05) is 0 Å². The van der Waals surface area contributed by atoms with Crippen LogP contribution in [-0.4, -0.2) is 13.7 Å². The molecule has 1 aliphatic rings. The molecular formula is C19H31NO. The van der Waals surface area contributed by atoms with Crippen LogP contribution in [-0.2, 0) is 0 Å². The van der Waals surface area contributed by atoms with E-state index < -0.39 is 0 Å². The topological polar surface area (TPSA) is 21.3 Å². The van der Waals surface area contributed by atoms with Crippen molar-refractivity contribution in [3.05, 3.63) is 29.8 Å². The minimum absolute atomic E-state index is 0.417. The lowest BCUT2D eigenvalue weighted by atomic mass is 9.73. The maximum absolute atomic E-state index is 5.83. The van der Waals surface area contributed by atoms with Gasteiger partial charge in [-0.1, -0.05) is 32.0 Å². The van der Waals surface area contributed by atoms with Crippen molar-refractivity contribution in [2.75, 3.05) is 13.7 Å². The van der Waals surface area contributed by atoms with Crippen LogP contribution in [0.4, 0.5) is 0 Å². The Hall–Kier alpha value is -1.02. The minimum atomic E-state index is 0.417. The first-order chi connectivity index (χ1) is 10.2. The third kappa shape index (κ3) is 4.00. The molecule has 2 rings (SSSR count). The van der Waals surface area contributed by atoms with Gasteiger partial charge in [-0.05, 0) is 63.5 Å². The van der Waals surface area contributed by atoms with Gasteiger partial charge in [0.1, 0.15) is 5.75 Å². The van der Waals surface area contributed by atoms with Gasteiger partial charge in [0.25, 0.3) is 0 Å². The molecule has 0 bridgehead atoms. The zero-order valence-corrected chi connectivity index (χ0v) is 14.1. The Morgan fingerprint density at radius 2 is 1.71 bits per heavy atom. The molecule has 1 N–H and O–H groups in total. The Bertz CT molecular complexity index is 421. The van der Waals surface area contributed by atoms with Crippen LogP contribution in [0.1, 0.15) is 58.1 Å². The number of nitrogens with one attached hydrogen (secondary N) is 1. The normalized spacial score (nSPS) is 24.0. The second-order valence-corrected chi connectivity index (χ2v) is 6.66. The molecule has 2 heteroatoms. The molecule has 1 saturated carbocycles. The average Bonchev–Trinajstić information content (AvgIpc) is 2.50. The highest BCUT2D eigenvalue weighted by Gasteiger charge is 2.30. The molecule has 1 atom stereocenters. The highest BCUT2D eigenvalue weighted by atomic mass is 16.5. The van der Waals surface area contributed by atoms with Crippen LogP contribution in [0, 0.1) is 17.8 Å². The van der Waals surface area contributed by atoms with E-state index in [-0.39, 0.29) is 0 Å². The Kier molecular flexibility index (Phi) is 6.10. The standard InChI is InChI=1S/C19H31NO/c1-5-21-18-9-7-6-8-17(18)19(20-4)16-12-10-15(11-13-16)14(2)3/h6-9,14-16,19-20H,5,10-13H2,1-4H3. The summed E-state index contributed by atoms with van der Waals surface area (Å²) in [6.45, 7) is 7.52. The van der Waals surface area contributed by atoms with Gasteiger partial charge < -0.3 is 10.1 Å². The number of benzene rings is 1. The average molecular weight is 289 g/mol. The van der Waals surface area contributed by atoms with Crippen molar-refractivity contribution < 1.29 is 4.74 Å². The Balaban J connectivity index is 2.10. The summed E-state index contributed by atoms with van der Waals surface area (Å²) >= 11 is 0. The van der Waals surface area contributed by atoms with Crippen molar-refractivity contribution in [2.24, 2.45) is 17.8 Å². The molecule has 0 spiro atoms. The summed E-state index contributed by atoms with van der Waals surface area (Å²) < 4.78 is 5.83. The van der Waals surface area contributed by atoms with E-state index in [9.17, 15) is 0 Å². The van der Waals surface area contributed by atoms with Gasteiger partial charge in [-0.15, -0.1) is 0 Å². The molecule has 0 saturated heterocycles. The van der Waals surface area contributed by atoms with Gasteiger partial charge in [0.05, 0.1) is 6.61 Å². The number of hydrogen-bond donors (Lipinski definition) is 1. The molecule has 1 aromatic carbocycles. The third-order valence-electron chi connectivity index (χ3n) is 5.10. The van der Waals surface area contributed by atoms with E-state index in [1.165, 1.54) is 31.2 Å². The fraction of sp³-hybridized carbons (Fsp3) is 0.684. The SMILES string of the molecule is CCOc1ccccc1C(NC)C1CCC(C(C)C)CC1. The Labute approximate surface area is 130 Å². The molecule has 0 aliphatic heterocycles. The maximum Gasteiger partial charge on any atom is 0.124 e. The van der Waals surface area contributed by atoms with Crippen molar-refractivity contribution in [1.82, 2.24) is 5.32 Å². The van der Waals surface area contributed by atoms with Gasteiger partial charge >= 0.3 is 0 Å². The van der Waals surface area contributed by atoms with Crippen LogP contribution in [0.5, 0.6) is 5.75 Å². The fourth-order valence-corrected chi connectivity index (χ4v) is 3.81. The quantitative estimate of drug-likeness (QED) is 0.811. The molecule has 0 heterocycles. The Morgan fingerprint density at radius 1 is 1.10 bits per heavy atom. The first-order valence-electron chi connectivity index (χ1n) is 8.56. The summed E-state index contributed by atoms with van der Waals surface area (Å²) in [5.74, 6) is 3.52. The smallest absolute Gasteiger partial charge is 0.124 e. The molecule has 0 amide bonds. The summed E-state index contributed by atoms with van der Waals surface area (Å²) in [6.07, 6.45) is 5.40. The van der Waals surface area contributed by atoms with E-state index in [2.05, 4.69) is 57.4 Å². The van der Waals surface area contributed by atoms with E-state index in [4.69, 9.17) is 4.74 Å². The van der Waals surface area contributed by atoms with Gasteiger partial charge in [0, 0.05) is 11.6 Å². The summed E-state index contributed by atoms with van der Waals surface area (Å²) in [6, 6.07) is 8.93. The van der Waals surface area contributed by atoms with Crippen LogP contribution in [0.2, 0.25) is 0 Å². The lowest BCUT2D eigenvalue weighted by Crippen LogP contribution is -2.30. The van der Waals surface area contributed by atoms with E-state index in [1.54, 1.807) is 0 Å². The van der Waals surface area contributed by atoms with E-state index in [0.717, 1.165) is 30.1 Å². The van der Waals surface area contributed by atoms with Crippen LogP contribution >= 0.6 is 0 Å². The number of rotatable bonds is 6. The fourth-order valence-electron chi connectivity index (χ4n) is 3.81. The summed E-state index contributed by atoms with van der Waals surface area (Å²) in [4.78, 5) is 0. The Morgan fingerprint density at radius 3 is 2.29 bits per heavy atom. The highest BCUT2D eigenvalue weighted by molar-refractivity contribution is 5.36. The third-order valence-corrected chi connectivity index (χ3v) is 5.10.